The zero-order valence-corrected chi connectivity index (χ0v) is 9.93. The lowest BCUT2D eigenvalue weighted by Crippen LogP contribution is -2.16. The fourth-order valence-corrected chi connectivity index (χ4v) is 1.94. The molecule has 0 aliphatic rings. The molecule has 0 unspecified atom stereocenters. The van der Waals surface area contributed by atoms with Crippen LogP contribution in [0.2, 0.25) is 0 Å². The topological polar surface area (TPSA) is 55.1 Å². The van der Waals surface area contributed by atoms with Crippen molar-refractivity contribution in [2.24, 2.45) is 5.73 Å². The van der Waals surface area contributed by atoms with Crippen molar-refractivity contribution in [2.45, 2.75) is 11.3 Å². The first-order valence-electron chi connectivity index (χ1n) is 5.10. The summed E-state index contributed by atoms with van der Waals surface area (Å²) in [5, 5.41) is 2.85. The third-order valence-corrected chi connectivity index (χ3v) is 2.96. The van der Waals surface area contributed by atoms with Crippen molar-refractivity contribution in [3.63, 3.8) is 0 Å². The van der Waals surface area contributed by atoms with Crippen molar-refractivity contribution in [2.75, 3.05) is 17.6 Å². The van der Waals surface area contributed by atoms with Gasteiger partial charge in [0.1, 0.15) is 0 Å². The number of rotatable bonds is 6. The summed E-state index contributed by atoms with van der Waals surface area (Å²) in [6.07, 6.45) is 2.18. The van der Waals surface area contributed by atoms with Gasteiger partial charge in [0.25, 0.3) is 0 Å². The average molecular weight is 236 g/mol. The van der Waals surface area contributed by atoms with Gasteiger partial charge in [-0.05, 0) is 12.1 Å². The first kappa shape index (κ1) is 12.8. The summed E-state index contributed by atoms with van der Waals surface area (Å²) in [5.41, 5.74) is 6.16. The van der Waals surface area contributed by atoms with Crippen LogP contribution >= 0.6 is 11.8 Å². The minimum atomic E-state index is -0.0471. The van der Waals surface area contributed by atoms with E-state index in [4.69, 9.17) is 5.73 Å². The lowest BCUT2D eigenvalue weighted by atomic mass is 10.3. The van der Waals surface area contributed by atoms with E-state index in [1.807, 2.05) is 30.3 Å². The third-order valence-electron chi connectivity index (χ3n) is 1.89. The molecule has 1 aromatic rings. The lowest BCUT2D eigenvalue weighted by molar-refractivity contribution is -0.116. The number of thioether (sulfide) groups is 1. The van der Waals surface area contributed by atoms with E-state index < -0.39 is 0 Å². The summed E-state index contributed by atoms with van der Waals surface area (Å²) in [7, 11) is 0. The normalized spacial score (nSPS) is 9.81. The van der Waals surface area contributed by atoms with Gasteiger partial charge >= 0.3 is 0 Å². The van der Waals surface area contributed by atoms with Crippen LogP contribution in [0, 0.1) is 0 Å². The molecule has 0 heterocycles. The summed E-state index contributed by atoms with van der Waals surface area (Å²) in [6, 6.07) is 7.71. The molecule has 86 valence electrons. The monoisotopic (exact) mass is 236 g/mol. The van der Waals surface area contributed by atoms with Gasteiger partial charge in [0.15, 0.2) is 0 Å². The van der Waals surface area contributed by atoms with Crippen LogP contribution in [-0.4, -0.2) is 18.2 Å². The van der Waals surface area contributed by atoms with E-state index in [1.165, 1.54) is 0 Å². The molecule has 0 bridgehead atoms. The minimum Gasteiger partial charge on any atom is -0.330 e. The summed E-state index contributed by atoms with van der Waals surface area (Å²) in [6.45, 7) is 4.04. The van der Waals surface area contributed by atoms with Crippen molar-refractivity contribution in [3.05, 3.63) is 36.9 Å². The number of benzene rings is 1. The Hall–Kier alpha value is -1.26. The number of anilines is 1. The molecular weight excluding hydrogens is 220 g/mol. The van der Waals surface area contributed by atoms with Gasteiger partial charge < -0.3 is 11.1 Å². The van der Waals surface area contributed by atoms with Gasteiger partial charge in [-0.15, -0.1) is 18.3 Å². The van der Waals surface area contributed by atoms with Gasteiger partial charge in [-0.25, -0.2) is 0 Å². The number of hydrogen-bond acceptors (Lipinski definition) is 3. The van der Waals surface area contributed by atoms with Crippen LogP contribution < -0.4 is 11.1 Å². The van der Waals surface area contributed by atoms with Gasteiger partial charge in [-0.2, -0.15) is 0 Å². The zero-order valence-electron chi connectivity index (χ0n) is 9.11. The molecule has 1 rings (SSSR count). The van der Waals surface area contributed by atoms with Gasteiger partial charge in [0.2, 0.25) is 5.91 Å². The Kier molecular flexibility index (Phi) is 5.67. The van der Waals surface area contributed by atoms with Crippen LogP contribution in [0.5, 0.6) is 0 Å². The molecule has 0 fully saturated rings. The summed E-state index contributed by atoms with van der Waals surface area (Å²) in [4.78, 5) is 12.5. The van der Waals surface area contributed by atoms with E-state index in [0.29, 0.717) is 13.0 Å². The molecule has 16 heavy (non-hydrogen) atoms. The molecule has 0 aliphatic carbocycles. The first-order chi connectivity index (χ1) is 7.77. The highest BCUT2D eigenvalue weighted by molar-refractivity contribution is 7.99. The van der Waals surface area contributed by atoms with Gasteiger partial charge in [0.05, 0.1) is 5.69 Å². The number of para-hydroxylation sites is 1. The van der Waals surface area contributed by atoms with Crippen molar-refractivity contribution in [1.82, 2.24) is 0 Å². The highest BCUT2D eigenvalue weighted by Gasteiger charge is 2.05. The van der Waals surface area contributed by atoms with Crippen LogP contribution in [0.15, 0.2) is 41.8 Å². The molecule has 4 heteroatoms. The third kappa shape index (κ3) is 4.08. The maximum Gasteiger partial charge on any atom is 0.225 e. The molecule has 3 nitrogen and oxygen atoms in total. The van der Waals surface area contributed by atoms with Crippen molar-refractivity contribution < 1.29 is 4.79 Å². The maximum atomic E-state index is 11.4. The van der Waals surface area contributed by atoms with Crippen molar-refractivity contribution >= 4 is 23.4 Å². The number of amides is 1. The summed E-state index contributed by atoms with van der Waals surface area (Å²) >= 11 is 1.64. The van der Waals surface area contributed by atoms with Crippen LogP contribution in [0.3, 0.4) is 0 Å². The Morgan fingerprint density at radius 1 is 1.50 bits per heavy atom. The van der Waals surface area contributed by atoms with Crippen LogP contribution in [-0.2, 0) is 4.79 Å². The number of nitrogens with one attached hydrogen (secondary N) is 1. The molecule has 0 spiro atoms. The van der Waals surface area contributed by atoms with E-state index in [0.717, 1.165) is 16.3 Å². The molecule has 0 atom stereocenters. The SMILES string of the molecule is C=CCSc1ccccc1NC(=O)CCN. The van der Waals surface area contributed by atoms with Gasteiger partial charge in [-0.3, -0.25) is 4.79 Å². The Labute approximate surface area is 100 Å². The standard InChI is InChI=1S/C12H16N2OS/c1-2-9-16-11-6-4-3-5-10(11)14-12(15)7-8-13/h2-6H,1,7-9,13H2,(H,14,15). The van der Waals surface area contributed by atoms with Crippen molar-refractivity contribution in [3.8, 4) is 0 Å². The van der Waals surface area contributed by atoms with Crippen LogP contribution in [0.4, 0.5) is 5.69 Å². The van der Waals surface area contributed by atoms with Crippen LogP contribution in [0.1, 0.15) is 6.42 Å². The van der Waals surface area contributed by atoms with Crippen molar-refractivity contribution in [1.29, 1.82) is 0 Å². The Bertz CT molecular complexity index is 366. The summed E-state index contributed by atoms with van der Waals surface area (Å²) in [5.74, 6) is 0.776. The minimum absolute atomic E-state index is 0.0471. The van der Waals surface area contributed by atoms with E-state index in [-0.39, 0.29) is 5.91 Å². The summed E-state index contributed by atoms with van der Waals surface area (Å²) < 4.78 is 0. The number of hydrogen-bond donors (Lipinski definition) is 2. The van der Waals surface area contributed by atoms with E-state index in [1.54, 1.807) is 11.8 Å². The average Bonchev–Trinajstić information content (AvgIpc) is 2.28. The maximum absolute atomic E-state index is 11.4. The fourth-order valence-electron chi connectivity index (χ4n) is 1.19. The largest absolute Gasteiger partial charge is 0.330 e. The number of nitrogens with two attached hydrogens (primary N) is 1. The molecule has 3 N–H and O–H groups in total. The second-order valence-corrected chi connectivity index (χ2v) is 4.24. The number of carbonyl (C=O) groups excluding carboxylic acids is 1. The lowest BCUT2D eigenvalue weighted by Gasteiger charge is -2.09. The van der Waals surface area contributed by atoms with Gasteiger partial charge in [0, 0.05) is 23.6 Å². The molecule has 0 aliphatic heterocycles. The molecule has 0 saturated carbocycles. The molecule has 0 aromatic heterocycles. The quantitative estimate of drug-likeness (QED) is 0.588. The second-order valence-electron chi connectivity index (χ2n) is 3.18. The predicted molar refractivity (Wildman–Crippen MR) is 69.7 cm³/mol. The van der Waals surface area contributed by atoms with E-state index in [2.05, 4.69) is 11.9 Å². The predicted octanol–water partition coefficient (Wildman–Crippen LogP) is 2.25. The molecule has 1 amide bonds. The molecule has 0 radical (unpaired) electrons. The Morgan fingerprint density at radius 2 is 2.25 bits per heavy atom. The zero-order chi connectivity index (χ0) is 11.8. The highest BCUT2D eigenvalue weighted by atomic mass is 32.2. The molecule has 1 aromatic carbocycles. The number of carbonyl (C=O) groups is 1. The van der Waals surface area contributed by atoms with Crippen LogP contribution in [0.25, 0.3) is 0 Å². The van der Waals surface area contributed by atoms with E-state index >= 15 is 0 Å². The Balaban J connectivity index is 2.70. The second kappa shape index (κ2) is 7.09. The van der Waals surface area contributed by atoms with E-state index in [9.17, 15) is 4.79 Å². The smallest absolute Gasteiger partial charge is 0.225 e. The fraction of sp³-hybridized carbons (Fsp3) is 0.250. The highest BCUT2D eigenvalue weighted by Crippen LogP contribution is 2.26. The molecule has 0 saturated heterocycles. The molecular formula is C12H16N2OS. The Morgan fingerprint density at radius 3 is 2.94 bits per heavy atom. The first-order valence-corrected chi connectivity index (χ1v) is 6.09. The van der Waals surface area contributed by atoms with Gasteiger partial charge in [-0.1, -0.05) is 18.2 Å².